The molecule has 0 aliphatic heterocycles. The first kappa shape index (κ1) is 14.4. The number of rotatable bonds is 2. The van der Waals surface area contributed by atoms with E-state index in [0.29, 0.717) is 0 Å². The maximum absolute atomic E-state index is 9.37. The number of benzene rings is 2. The van der Waals surface area contributed by atoms with E-state index in [1.807, 2.05) is 30.3 Å². The Kier molecular flexibility index (Phi) is 4.26. The summed E-state index contributed by atoms with van der Waals surface area (Å²) >= 11 is 0. The molecule has 0 radical (unpaired) electrons. The highest BCUT2D eigenvalue weighted by Crippen LogP contribution is 2.30. The lowest BCUT2D eigenvalue weighted by atomic mass is 10.0. The standard InChI is InChI=1S/C17H14O2.ClH/c1-2-12-11-14-5-3-4-6-16(14)19-17(12)13-7-9-15(18)10-8-13;/h3-11H,2H2,1H3;1H. The predicted molar refractivity (Wildman–Crippen MR) is 77.1 cm³/mol. The summed E-state index contributed by atoms with van der Waals surface area (Å²) in [6, 6.07) is 17.3. The third-order valence-corrected chi connectivity index (χ3v) is 3.26. The van der Waals surface area contributed by atoms with Crippen LogP contribution in [0, 0.1) is 0 Å². The number of halogens is 1. The number of aromatic hydroxyl groups is 1. The Morgan fingerprint density at radius 3 is 2.40 bits per heavy atom. The molecule has 102 valence electrons. The quantitative estimate of drug-likeness (QED) is 0.727. The van der Waals surface area contributed by atoms with Crippen molar-refractivity contribution in [2.45, 2.75) is 13.3 Å². The van der Waals surface area contributed by atoms with Crippen LogP contribution in [-0.2, 0) is 6.42 Å². The Balaban J connectivity index is 0.00000147. The topological polar surface area (TPSA) is 31.5 Å². The molecule has 0 amide bonds. The van der Waals surface area contributed by atoms with Crippen molar-refractivity contribution < 1.29 is 21.9 Å². The fourth-order valence-corrected chi connectivity index (χ4v) is 2.24. The van der Waals surface area contributed by atoms with Gasteiger partial charge in [0.05, 0.1) is 16.5 Å². The molecule has 20 heavy (non-hydrogen) atoms. The van der Waals surface area contributed by atoms with Crippen LogP contribution >= 0.6 is 0 Å². The van der Waals surface area contributed by atoms with E-state index in [4.69, 9.17) is 4.42 Å². The molecule has 3 aromatic rings. The van der Waals surface area contributed by atoms with Gasteiger partial charge in [-0.1, -0.05) is 19.1 Å². The third-order valence-electron chi connectivity index (χ3n) is 3.26. The smallest absolute Gasteiger partial charge is 0.363 e. The van der Waals surface area contributed by atoms with Gasteiger partial charge in [-0.15, -0.1) is 0 Å². The van der Waals surface area contributed by atoms with Crippen LogP contribution in [0.3, 0.4) is 0 Å². The maximum Gasteiger partial charge on any atom is 0.363 e. The zero-order chi connectivity index (χ0) is 13.2. The van der Waals surface area contributed by atoms with Crippen molar-refractivity contribution in [1.82, 2.24) is 0 Å². The van der Waals surface area contributed by atoms with Crippen molar-refractivity contribution in [1.29, 1.82) is 0 Å². The fourth-order valence-electron chi connectivity index (χ4n) is 2.24. The summed E-state index contributed by atoms with van der Waals surface area (Å²) in [5.41, 5.74) is 3.03. The highest BCUT2D eigenvalue weighted by molar-refractivity contribution is 5.80. The zero-order valence-electron chi connectivity index (χ0n) is 11.1. The number of hydrogen-bond donors (Lipinski definition) is 1. The Hall–Kier alpha value is -2.06. The van der Waals surface area contributed by atoms with E-state index in [-0.39, 0.29) is 18.2 Å². The van der Waals surface area contributed by atoms with Crippen LogP contribution in [0.4, 0.5) is 0 Å². The minimum Gasteiger partial charge on any atom is -1.00 e. The molecule has 2 aromatic carbocycles. The first-order chi connectivity index (χ1) is 9.28. The Morgan fingerprint density at radius 1 is 1.00 bits per heavy atom. The first-order valence-electron chi connectivity index (χ1n) is 6.42. The van der Waals surface area contributed by atoms with Crippen LogP contribution in [0.2, 0.25) is 0 Å². The Labute approximate surface area is 124 Å². The van der Waals surface area contributed by atoms with Crippen molar-refractivity contribution >= 4 is 11.0 Å². The first-order valence-corrected chi connectivity index (χ1v) is 6.42. The Bertz CT molecular complexity index is 721. The molecule has 1 heterocycles. The van der Waals surface area contributed by atoms with Gasteiger partial charge >= 0.3 is 11.3 Å². The molecule has 1 N–H and O–H groups in total. The predicted octanol–water partition coefficient (Wildman–Crippen LogP) is 1.65. The normalized spacial score (nSPS) is 10.2. The summed E-state index contributed by atoms with van der Waals surface area (Å²) in [4.78, 5) is 0. The van der Waals surface area contributed by atoms with Crippen LogP contribution in [-0.4, -0.2) is 5.11 Å². The second-order valence-electron chi connectivity index (χ2n) is 4.54. The molecular weight excluding hydrogens is 272 g/mol. The maximum atomic E-state index is 9.37. The van der Waals surface area contributed by atoms with E-state index in [1.54, 1.807) is 12.1 Å². The molecule has 0 aliphatic carbocycles. The monoisotopic (exact) mass is 286 g/mol. The molecule has 0 unspecified atom stereocenters. The molecule has 2 nitrogen and oxygen atoms in total. The molecule has 0 saturated heterocycles. The minimum absolute atomic E-state index is 0. The van der Waals surface area contributed by atoms with Gasteiger partial charge in [0.2, 0.25) is 0 Å². The van der Waals surface area contributed by atoms with E-state index < -0.39 is 0 Å². The van der Waals surface area contributed by atoms with Crippen molar-refractivity contribution in [3.8, 4) is 17.1 Å². The van der Waals surface area contributed by atoms with E-state index in [2.05, 4.69) is 19.1 Å². The average Bonchev–Trinajstić information content (AvgIpc) is 2.46. The molecule has 0 spiro atoms. The highest BCUT2D eigenvalue weighted by Gasteiger charge is 2.19. The number of phenols is 1. The summed E-state index contributed by atoms with van der Waals surface area (Å²) < 4.78 is 6.03. The second kappa shape index (κ2) is 5.93. The molecule has 0 atom stereocenters. The SMILES string of the molecule is CCc1cc2ccccc2[o+]c1-c1ccc(O)cc1.[Cl-]. The van der Waals surface area contributed by atoms with E-state index >= 15 is 0 Å². The number of hydrogen-bond acceptors (Lipinski definition) is 1. The van der Waals surface area contributed by atoms with Gasteiger partial charge in [0.25, 0.3) is 0 Å². The summed E-state index contributed by atoms with van der Waals surface area (Å²) in [7, 11) is 0. The van der Waals surface area contributed by atoms with Gasteiger partial charge in [-0.3, -0.25) is 0 Å². The molecule has 3 heteroatoms. The summed E-state index contributed by atoms with van der Waals surface area (Å²) in [6.45, 7) is 2.11. The van der Waals surface area contributed by atoms with Gasteiger partial charge in [0.15, 0.2) is 0 Å². The zero-order valence-corrected chi connectivity index (χ0v) is 11.9. The van der Waals surface area contributed by atoms with Crippen LogP contribution in [0.1, 0.15) is 12.5 Å². The molecular formula is C17H15ClO2. The summed E-state index contributed by atoms with van der Waals surface area (Å²) in [5, 5.41) is 10.5. The number of aryl methyl sites for hydroxylation is 1. The largest absolute Gasteiger partial charge is 1.00 e. The summed E-state index contributed by atoms with van der Waals surface area (Å²) in [6.07, 6.45) is 0.907. The Morgan fingerprint density at radius 2 is 1.70 bits per heavy atom. The van der Waals surface area contributed by atoms with Crippen molar-refractivity contribution in [3.63, 3.8) is 0 Å². The molecule has 0 bridgehead atoms. The van der Waals surface area contributed by atoms with Crippen molar-refractivity contribution in [2.24, 2.45) is 0 Å². The molecule has 3 rings (SSSR count). The van der Waals surface area contributed by atoms with Crippen LogP contribution in [0.5, 0.6) is 5.75 Å². The van der Waals surface area contributed by atoms with E-state index in [9.17, 15) is 5.11 Å². The number of phenolic OH excluding ortho intramolecular Hbond substituents is 1. The lowest BCUT2D eigenvalue weighted by Gasteiger charge is -2.00. The number of fused-ring (bicyclic) bond motifs is 1. The lowest BCUT2D eigenvalue weighted by Crippen LogP contribution is -3.00. The van der Waals surface area contributed by atoms with Gasteiger partial charge in [-0.25, -0.2) is 4.42 Å². The summed E-state index contributed by atoms with van der Waals surface area (Å²) in [5.74, 6) is 1.14. The van der Waals surface area contributed by atoms with Crippen LogP contribution in [0.15, 0.2) is 59.0 Å². The van der Waals surface area contributed by atoms with Crippen LogP contribution in [0.25, 0.3) is 22.3 Å². The average molecular weight is 287 g/mol. The van der Waals surface area contributed by atoms with Crippen LogP contribution < -0.4 is 12.4 Å². The molecule has 0 fully saturated rings. The van der Waals surface area contributed by atoms with E-state index in [0.717, 1.165) is 28.7 Å². The van der Waals surface area contributed by atoms with Gasteiger partial charge in [-0.05, 0) is 42.8 Å². The van der Waals surface area contributed by atoms with Crippen molar-refractivity contribution in [3.05, 3.63) is 60.2 Å². The van der Waals surface area contributed by atoms with E-state index in [1.165, 1.54) is 5.56 Å². The molecule has 0 aliphatic rings. The fraction of sp³-hybridized carbons (Fsp3) is 0.118. The third kappa shape index (κ3) is 2.61. The van der Waals surface area contributed by atoms with Gasteiger partial charge in [-0.2, -0.15) is 0 Å². The van der Waals surface area contributed by atoms with Gasteiger partial charge in [0.1, 0.15) is 5.75 Å². The lowest BCUT2D eigenvalue weighted by molar-refractivity contribution is -0.00000528. The van der Waals surface area contributed by atoms with Gasteiger partial charge < -0.3 is 17.5 Å². The number of para-hydroxylation sites is 1. The molecule has 1 aromatic heterocycles. The van der Waals surface area contributed by atoms with Gasteiger partial charge in [0, 0.05) is 6.07 Å². The highest BCUT2D eigenvalue weighted by atomic mass is 35.5. The molecule has 0 saturated carbocycles. The minimum atomic E-state index is 0. The second-order valence-corrected chi connectivity index (χ2v) is 4.54. The van der Waals surface area contributed by atoms with Crippen molar-refractivity contribution in [2.75, 3.05) is 0 Å².